The zero-order chi connectivity index (χ0) is 17.6. The molecule has 3 nitrogen and oxygen atoms in total. The highest BCUT2D eigenvalue weighted by atomic mass is 16.5. The number of rotatable bonds is 2. The molecular weight excluding hydrogens is 286 g/mol. The smallest absolute Gasteiger partial charge is 0.178 e. The number of ketones is 1. The van der Waals surface area contributed by atoms with E-state index in [0.29, 0.717) is 12.0 Å². The molecule has 0 radical (unpaired) electrons. The van der Waals surface area contributed by atoms with Crippen LogP contribution in [0.15, 0.2) is 17.7 Å². The summed E-state index contributed by atoms with van der Waals surface area (Å²) in [5, 5.41) is 9.63. The van der Waals surface area contributed by atoms with E-state index < -0.39 is 5.41 Å². The van der Waals surface area contributed by atoms with Crippen molar-refractivity contribution in [3.8, 4) is 11.8 Å². The Bertz CT molecular complexity index is 740. The van der Waals surface area contributed by atoms with Crippen LogP contribution in [0.3, 0.4) is 0 Å². The number of methoxy groups -OCH3 is 1. The molecule has 3 heteroatoms. The largest absolute Gasteiger partial charge is 0.496 e. The molecule has 1 aromatic carbocycles. The Morgan fingerprint density at radius 1 is 1.30 bits per heavy atom. The van der Waals surface area contributed by atoms with E-state index in [0.717, 1.165) is 28.0 Å². The molecule has 0 aliphatic heterocycles. The molecule has 0 N–H and O–H groups in total. The summed E-state index contributed by atoms with van der Waals surface area (Å²) in [5.74, 6) is 0.755. The van der Waals surface area contributed by atoms with Crippen LogP contribution >= 0.6 is 0 Å². The van der Waals surface area contributed by atoms with Gasteiger partial charge < -0.3 is 4.74 Å². The average Bonchev–Trinajstić information content (AvgIpc) is 2.69. The van der Waals surface area contributed by atoms with Crippen molar-refractivity contribution in [3.63, 3.8) is 0 Å². The second-order valence-corrected chi connectivity index (χ2v) is 7.97. The normalized spacial score (nSPS) is 18.2. The summed E-state index contributed by atoms with van der Waals surface area (Å²) in [6.07, 6.45) is 0.694. The summed E-state index contributed by atoms with van der Waals surface area (Å²) in [6.45, 7) is 11.8. The third kappa shape index (κ3) is 2.91. The number of carbonyl (C=O) groups is 1. The molecular formula is C20H25NO2. The van der Waals surface area contributed by atoms with Crippen LogP contribution < -0.4 is 4.74 Å². The first-order chi connectivity index (χ1) is 10.5. The van der Waals surface area contributed by atoms with Gasteiger partial charge in [-0.2, -0.15) is 5.26 Å². The van der Waals surface area contributed by atoms with Gasteiger partial charge in [0.1, 0.15) is 11.8 Å². The minimum atomic E-state index is -0.563. The highest BCUT2D eigenvalue weighted by Gasteiger charge is 2.38. The minimum Gasteiger partial charge on any atom is -0.496 e. The van der Waals surface area contributed by atoms with Crippen LogP contribution in [0.25, 0.3) is 5.57 Å². The zero-order valence-electron chi connectivity index (χ0n) is 15.1. The minimum absolute atomic E-state index is 0.0906. The van der Waals surface area contributed by atoms with Crippen LogP contribution in [-0.4, -0.2) is 12.9 Å². The molecule has 0 aromatic heterocycles. The lowest BCUT2D eigenvalue weighted by atomic mass is 9.83. The van der Waals surface area contributed by atoms with Crippen LogP contribution in [0.4, 0.5) is 0 Å². The van der Waals surface area contributed by atoms with E-state index >= 15 is 0 Å². The fraction of sp³-hybridized carbons (Fsp3) is 0.500. The van der Waals surface area contributed by atoms with Crippen molar-refractivity contribution in [1.82, 2.24) is 0 Å². The summed E-state index contributed by atoms with van der Waals surface area (Å²) in [5.41, 5.74) is 3.67. The van der Waals surface area contributed by atoms with Gasteiger partial charge in [0.2, 0.25) is 0 Å². The maximum Gasteiger partial charge on any atom is 0.178 e. The monoisotopic (exact) mass is 311 g/mol. The molecule has 1 aromatic rings. The van der Waals surface area contributed by atoms with Crippen LogP contribution in [0.5, 0.6) is 5.75 Å². The molecule has 0 amide bonds. The van der Waals surface area contributed by atoms with Gasteiger partial charge in [-0.05, 0) is 53.2 Å². The molecule has 1 aliphatic rings. The number of nitrogens with zero attached hydrogens (tertiary/aromatic N) is 1. The standard InChI is InChI=1S/C20H25NO2/c1-12-8-13-14(15(11-21)18(22)19(2,3)4)10-20(5,6)16(13)9-17(12)23-7/h8-9H,10H2,1-7H3. The fourth-order valence-electron chi connectivity index (χ4n) is 3.20. The molecule has 0 heterocycles. The molecule has 0 spiro atoms. The van der Waals surface area contributed by atoms with Crippen LogP contribution in [0, 0.1) is 23.7 Å². The zero-order valence-corrected chi connectivity index (χ0v) is 15.1. The van der Waals surface area contributed by atoms with Gasteiger partial charge in [-0.1, -0.05) is 34.6 Å². The molecule has 23 heavy (non-hydrogen) atoms. The van der Waals surface area contributed by atoms with Crippen LogP contribution in [0.1, 0.15) is 57.7 Å². The Kier molecular flexibility index (Phi) is 4.15. The van der Waals surface area contributed by atoms with Gasteiger partial charge in [-0.15, -0.1) is 0 Å². The molecule has 1 aliphatic carbocycles. The van der Waals surface area contributed by atoms with Crippen molar-refractivity contribution in [2.24, 2.45) is 5.41 Å². The van der Waals surface area contributed by atoms with Gasteiger partial charge in [-0.25, -0.2) is 0 Å². The molecule has 122 valence electrons. The Balaban J connectivity index is 2.75. The van der Waals surface area contributed by atoms with Crippen LogP contribution in [0.2, 0.25) is 0 Å². The number of nitriles is 1. The number of ether oxygens (including phenoxy) is 1. The summed E-state index contributed by atoms with van der Waals surface area (Å²) >= 11 is 0. The first kappa shape index (κ1) is 17.3. The maximum atomic E-state index is 12.7. The molecule has 0 saturated heterocycles. The van der Waals surface area contributed by atoms with Crippen molar-refractivity contribution in [1.29, 1.82) is 5.26 Å². The summed E-state index contributed by atoms with van der Waals surface area (Å²) < 4.78 is 5.44. The molecule has 0 fully saturated rings. The number of fused-ring (bicyclic) bond motifs is 1. The Hall–Kier alpha value is -2.08. The third-order valence-electron chi connectivity index (χ3n) is 4.53. The van der Waals surface area contributed by atoms with E-state index in [1.807, 2.05) is 39.8 Å². The molecule has 0 unspecified atom stereocenters. The number of hydrogen-bond acceptors (Lipinski definition) is 3. The highest BCUT2D eigenvalue weighted by Crippen LogP contribution is 2.49. The van der Waals surface area contributed by atoms with E-state index in [4.69, 9.17) is 4.74 Å². The number of aryl methyl sites for hydroxylation is 1. The van der Waals surface area contributed by atoms with Crippen molar-refractivity contribution in [2.45, 2.75) is 53.4 Å². The van der Waals surface area contributed by atoms with Gasteiger partial charge in [0.15, 0.2) is 5.78 Å². The second-order valence-electron chi connectivity index (χ2n) is 7.97. The number of benzene rings is 1. The molecule has 0 atom stereocenters. The summed E-state index contributed by atoms with van der Waals surface area (Å²) in [7, 11) is 1.66. The Morgan fingerprint density at radius 3 is 2.39 bits per heavy atom. The average molecular weight is 311 g/mol. The fourth-order valence-corrected chi connectivity index (χ4v) is 3.20. The number of hydrogen-bond donors (Lipinski definition) is 0. The lowest BCUT2D eigenvalue weighted by Crippen LogP contribution is -2.22. The van der Waals surface area contributed by atoms with Gasteiger partial charge in [0.05, 0.1) is 12.7 Å². The summed E-state index contributed by atoms with van der Waals surface area (Å²) in [6, 6.07) is 6.27. The van der Waals surface area contributed by atoms with Crippen molar-refractivity contribution < 1.29 is 9.53 Å². The van der Waals surface area contributed by atoms with E-state index in [-0.39, 0.29) is 11.2 Å². The number of allylic oxidation sites excluding steroid dienone is 2. The van der Waals surface area contributed by atoms with E-state index in [2.05, 4.69) is 19.9 Å². The Labute approximate surface area is 139 Å². The second kappa shape index (κ2) is 5.53. The third-order valence-corrected chi connectivity index (χ3v) is 4.53. The van der Waals surface area contributed by atoms with Gasteiger partial charge in [0.25, 0.3) is 0 Å². The predicted octanol–water partition coefficient (Wildman–Crippen LogP) is 4.58. The SMILES string of the molecule is COc1cc2c(cc1C)C(=C(C#N)C(=O)C(C)(C)C)CC2(C)C. The van der Waals surface area contributed by atoms with Crippen molar-refractivity contribution in [2.75, 3.05) is 7.11 Å². The van der Waals surface area contributed by atoms with E-state index in [9.17, 15) is 10.1 Å². The molecule has 0 saturated carbocycles. The summed E-state index contributed by atoms with van der Waals surface area (Å²) in [4.78, 5) is 12.7. The predicted molar refractivity (Wildman–Crippen MR) is 92.4 cm³/mol. The van der Waals surface area contributed by atoms with E-state index in [1.54, 1.807) is 7.11 Å². The molecule has 0 bridgehead atoms. The number of carbonyl (C=O) groups excluding carboxylic acids is 1. The lowest BCUT2D eigenvalue weighted by molar-refractivity contribution is -0.122. The lowest BCUT2D eigenvalue weighted by Gasteiger charge is -2.19. The topological polar surface area (TPSA) is 50.1 Å². The number of Topliss-reactive ketones (excluding diaryl/α,β-unsaturated/α-hetero) is 1. The van der Waals surface area contributed by atoms with Gasteiger partial charge in [0, 0.05) is 5.41 Å². The maximum absolute atomic E-state index is 12.7. The van der Waals surface area contributed by atoms with Gasteiger partial charge >= 0.3 is 0 Å². The quantitative estimate of drug-likeness (QED) is 0.593. The first-order valence-corrected chi connectivity index (χ1v) is 7.90. The molecule has 2 rings (SSSR count). The first-order valence-electron chi connectivity index (χ1n) is 7.90. The van der Waals surface area contributed by atoms with Crippen molar-refractivity contribution >= 4 is 11.4 Å². The van der Waals surface area contributed by atoms with Crippen molar-refractivity contribution in [3.05, 3.63) is 34.4 Å². The van der Waals surface area contributed by atoms with Gasteiger partial charge in [-0.3, -0.25) is 4.79 Å². The van der Waals surface area contributed by atoms with Crippen LogP contribution in [-0.2, 0) is 10.2 Å². The highest BCUT2D eigenvalue weighted by molar-refractivity contribution is 6.09. The Morgan fingerprint density at radius 2 is 1.91 bits per heavy atom. The van der Waals surface area contributed by atoms with E-state index in [1.165, 1.54) is 0 Å².